The minimum atomic E-state index is -0.250. The second-order valence-corrected chi connectivity index (χ2v) is 14.7. The Bertz CT molecular complexity index is 2240. The Kier molecular flexibility index (Phi) is 14.9. The fraction of sp³-hybridized carbons (Fsp3) is 0.386. The summed E-state index contributed by atoms with van der Waals surface area (Å²) in [5, 5.41) is 15.1. The van der Waals surface area contributed by atoms with Gasteiger partial charge in [0.25, 0.3) is 12.4 Å². The molecule has 5 aromatic rings. The van der Waals surface area contributed by atoms with E-state index in [-0.39, 0.29) is 49.6 Å². The van der Waals surface area contributed by atoms with Gasteiger partial charge in [0.1, 0.15) is 5.82 Å². The largest absolute Gasteiger partial charge is 0.493 e. The third-order valence-electron chi connectivity index (χ3n) is 10.7. The fourth-order valence-corrected chi connectivity index (χ4v) is 7.82. The third kappa shape index (κ3) is 10.5. The van der Waals surface area contributed by atoms with Gasteiger partial charge in [-0.3, -0.25) is 24.2 Å². The molecule has 0 spiro atoms. The maximum Gasteiger partial charge on any atom is 0.290 e. The van der Waals surface area contributed by atoms with E-state index in [1.54, 1.807) is 49.5 Å². The lowest BCUT2D eigenvalue weighted by Gasteiger charge is -2.36. The number of ether oxygens (including phenoxy) is 3. The van der Waals surface area contributed by atoms with Crippen LogP contribution in [0.2, 0.25) is 0 Å². The van der Waals surface area contributed by atoms with Crippen LogP contribution in [0, 0.1) is 5.92 Å². The second-order valence-electron chi connectivity index (χ2n) is 14.7. The number of nitrogens with zero attached hydrogens (tertiary/aromatic N) is 7. The second kappa shape index (κ2) is 20.8. The molecule has 1 atom stereocenters. The molecule has 2 aliphatic heterocycles. The van der Waals surface area contributed by atoms with Crippen molar-refractivity contribution in [1.29, 1.82) is 0 Å². The number of amides is 3. The number of rotatable bonds is 8. The van der Waals surface area contributed by atoms with Crippen LogP contribution < -0.4 is 24.4 Å². The topological polar surface area (TPSA) is 182 Å². The summed E-state index contributed by atoms with van der Waals surface area (Å²) in [6, 6.07) is 17.0. The van der Waals surface area contributed by atoms with Gasteiger partial charge in [0.15, 0.2) is 11.5 Å². The maximum absolute atomic E-state index is 14.7. The maximum atomic E-state index is 14.7. The number of methoxy groups -OCH3 is 3. The van der Waals surface area contributed by atoms with Crippen molar-refractivity contribution in [2.24, 2.45) is 5.92 Å². The average molecular weight is 821 g/mol. The monoisotopic (exact) mass is 820 g/mol. The van der Waals surface area contributed by atoms with E-state index in [4.69, 9.17) is 29.1 Å². The van der Waals surface area contributed by atoms with Crippen LogP contribution >= 0.6 is 0 Å². The van der Waals surface area contributed by atoms with E-state index < -0.39 is 0 Å². The van der Waals surface area contributed by atoms with Crippen LogP contribution in [0.5, 0.6) is 17.2 Å². The van der Waals surface area contributed by atoms with Crippen LogP contribution in [0.3, 0.4) is 0 Å². The Morgan fingerprint density at radius 1 is 0.917 bits per heavy atom. The predicted molar refractivity (Wildman–Crippen MR) is 225 cm³/mol. The summed E-state index contributed by atoms with van der Waals surface area (Å²) in [4.78, 5) is 65.3. The number of fused-ring (bicyclic) bond motifs is 5. The highest BCUT2D eigenvalue weighted by Crippen LogP contribution is 2.44. The molecular weight excluding hydrogens is 769 g/mol. The molecule has 16 nitrogen and oxygen atoms in total. The summed E-state index contributed by atoms with van der Waals surface area (Å²) < 4.78 is 19.1. The number of aromatic nitrogens is 4. The molecule has 2 aromatic carbocycles. The molecule has 0 aliphatic carbocycles. The molecule has 60 heavy (non-hydrogen) atoms. The van der Waals surface area contributed by atoms with E-state index in [1.165, 1.54) is 0 Å². The minimum absolute atomic E-state index is 0.0192. The van der Waals surface area contributed by atoms with Gasteiger partial charge >= 0.3 is 0 Å². The first-order valence-corrected chi connectivity index (χ1v) is 20.0. The van der Waals surface area contributed by atoms with Crippen molar-refractivity contribution in [3.05, 3.63) is 96.1 Å². The van der Waals surface area contributed by atoms with Gasteiger partial charge in [-0.15, -0.1) is 0 Å². The lowest BCUT2D eigenvalue weighted by molar-refractivity contribution is -0.136. The molecule has 3 aromatic heterocycles. The number of carboxylic acid groups (broad SMARTS) is 1. The van der Waals surface area contributed by atoms with E-state index in [2.05, 4.69) is 26.4 Å². The van der Waals surface area contributed by atoms with Gasteiger partial charge in [0.05, 0.1) is 39.1 Å². The van der Waals surface area contributed by atoms with Gasteiger partial charge in [-0.05, 0) is 80.0 Å². The van der Waals surface area contributed by atoms with Crippen molar-refractivity contribution in [3.63, 3.8) is 0 Å². The lowest BCUT2D eigenvalue weighted by Crippen LogP contribution is -2.45. The SMILES string of the molecule is COc1cc2nc3c(cc2c(OC)c1OC)CN(C(=O)c1cccc(-n2cccn2)c1)CCCCN(C(=O)CCc1cccnc1)CC(=O)NCC1CCCN3C1.O=CO. The summed E-state index contributed by atoms with van der Waals surface area (Å²) in [5.41, 5.74) is 3.80. The Hall–Kier alpha value is -6.71. The van der Waals surface area contributed by atoms with Gasteiger partial charge in [-0.2, -0.15) is 5.10 Å². The molecule has 0 saturated carbocycles. The number of anilines is 1. The molecule has 1 saturated heterocycles. The van der Waals surface area contributed by atoms with Crippen LogP contribution in [0.4, 0.5) is 5.82 Å². The third-order valence-corrected chi connectivity index (χ3v) is 10.7. The van der Waals surface area contributed by atoms with Crippen molar-refractivity contribution in [3.8, 4) is 22.9 Å². The highest BCUT2D eigenvalue weighted by atomic mass is 16.5. The zero-order valence-corrected chi connectivity index (χ0v) is 34.3. The Morgan fingerprint density at radius 3 is 2.43 bits per heavy atom. The summed E-state index contributed by atoms with van der Waals surface area (Å²) in [6.45, 7) is 2.68. The molecule has 0 radical (unpaired) electrons. The summed E-state index contributed by atoms with van der Waals surface area (Å²) in [7, 11) is 4.75. The van der Waals surface area contributed by atoms with Crippen LogP contribution in [-0.4, -0.2) is 119 Å². The Morgan fingerprint density at radius 2 is 1.72 bits per heavy atom. The first-order chi connectivity index (χ1) is 29.3. The number of benzene rings is 2. The predicted octanol–water partition coefficient (Wildman–Crippen LogP) is 4.77. The smallest absolute Gasteiger partial charge is 0.290 e. The highest BCUT2D eigenvalue weighted by molar-refractivity contribution is 5.95. The summed E-state index contributed by atoms with van der Waals surface area (Å²) in [6.07, 6.45) is 10.8. The number of nitrogens with one attached hydrogen (secondary N) is 1. The van der Waals surface area contributed by atoms with E-state index in [0.29, 0.717) is 73.8 Å². The van der Waals surface area contributed by atoms with Crippen LogP contribution in [0.1, 0.15) is 53.6 Å². The average Bonchev–Trinajstić information content (AvgIpc) is 3.83. The zero-order chi connectivity index (χ0) is 42.4. The molecule has 16 heteroatoms. The zero-order valence-electron chi connectivity index (χ0n) is 34.3. The molecule has 316 valence electrons. The van der Waals surface area contributed by atoms with E-state index in [9.17, 15) is 14.4 Å². The molecule has 2 aliphatic rings. The molecule has 7 rings (SSSR count). The van der Waals surface area contributed by atoms with Crippen molar-refractivity contribution in [1.82, 2.24) is 34.9 Å². The first kappa shape index (κ1) is 42.9. The molecule has 2 bridgehead atoms. The molecule has 3 amide bonds. The Labute approximate surface area is 349 Å². The number of piperidine rings is 1. The normalized spacial score (nSPS) is 16.1. The van der Waals surface area contributed by atoms with Gasteiger partial charge < -0.3 is 39.3 Å². The minimum Gasteiger partial charge on any atom is -0.493 e. The highest BCUT2D eigenvalue weighted by Gasteiger charge is 2.29. The van der Waals surface area contributed by atoms with E-state index in [0.717, 1.165) is 47.4 Å². The molecule has 1 unspecified atom stereocenters. The van der Waals surface area contributed by atoms with E-state index in [1.807, 2.05) is 59.6 Å². The quantitative estimate of drug-likeness (QED) is 0.205. The number of carbonyl (C=O) groups excluding carboxylic acids is 3. The number of hydrogen-bond donors (Lipinski definition) is 2. The number of aryl methyl sites for hydroxylation is 1. The number of hydrogen-bond acceptors (Lipinski definition) is 11. The van der Waals surface area contributed by atoms with Crippen molar-refractivity contribution in [2.75, 3.05) is 65.5 Å². The van der Waals surface area contributed by atoms with Gasteiger partial charge in [0, 0.05) is 93.1 Å². The standard InChI is InChI=1S/C43H50N8O6.CH2O2/c1-55-37-24-36-35(40(56-2)41(37)57-3)23-33-28-50(43(54)32-12-6-13-34(22-32)51-21-9-17-46-51)19-5-4-18-48(39(53)15-14-30-10-7-16-44-25-30)29-38(52)45-26-31-11-8-20-49(27-31)42(33)47-36;2-1-3/h6-7,9-10,12-13,16-17,21-25,31H,4-5,8,11,14-15,18-20,26-29H2,1-3H3,(H,45,52);1H,(H,2,3). The van der Waals surface area contributed by atoms with Crippen LogP contribution in [0.15, 0.2) is 79.4 Å². The van der Waals surface area contributed by atoms with Crippen molar-refractivity contribution in [2.45, 2.75) is 45.1 Å². The Balaban J connectivity index is 0.00000195. The van der Waals surface area contributed by atoms with Gasteiger partial charge in [-0.1, -0.05) is 12.1 Å². The van der Waals surface area contributed by atoms with Crippen LogP contribution in [-0.2, 0) is 27.3 Å². The number of pyridine rings is 2. The van der Waals surface area contributed by atoms with Gasteiger partial charge in [0.2, 0.25) is 17.6 Å². The summed E-state index contributed by atoms with van der Waals surface area (Å²) >= 11 is 0. The first-order valence-electron chi connectivity index (χ1n) is 20.0. The molecular formula is C44H52N8O8. The fourth-order valence-electron chi connectivity index (χ4n) is 7.82. The number of carbonyl (C=O) groups is 4. The van der Waals surface area contributed by atoms with E-state index >= 15 is 0 Å². The molecule has 2 N–H and O–H groups in total. The molecule has 1 fully saturated rings. The van der Waals surface area contributed by atoms with Gasteiger partial charge in [-0.25, -0.2) is 9.67 Å². The van der Waals surface area contributed by atoms with Crippen LogP contribution in [0.25, 0.3) is 16.6 Å². The summed E-state index contributed by atoms with van der Waals surface area (Å²) in [5.74, 6) is 1.96. The van der Waals surface area contributed by atoms with Crippen molar-refractivity contribution >= 4 is 40.9 Å². The molecule has 5 heterocycles. The lowest BCUT2D eigenvalue weighted by atomic mass is 9.97. The van der Waals surface area contributed by atoms with Crippen molar-refractivity contribution < 1.29 is 38.5 Å².